The molecule has 23 heavy (non-hydrogen) atoms. The molecule has 2 fully saturated rings. The second-order valence-electron chi connectivity index (χ2n) is 6.94. The van der Waals surface area contributed by atoms with Crippen molar-refractivity contribution in [1.29, 1.82) is 0 Å². The number of nitrogens with zero attached hydrogens (tertiary/aromatic N) is 1. The Hall–Kier alpha value is -1.07. The summed E-state index contributed by atoms with van der Waals surface area (Å²) in [5.41, 5.74) is 0. The highest BCUT2D eigenvalue weighted by atomic mass is 32.1. The summed E-state index contributed by atoms with van der Waals surface area (Å²) >= 11 is 1.80. The second kappa shape index (κ2) is 8.15. The molecule has 0 spiro atoms. The standard InChI is InChI=1S/C18H29N3OS/c1-14(19-18(22)20-15-8-3-2-4-9-15)17(16-10-7-13-23-16)21-11-5-6-12-21/h7,10,13-15,17H,2-6,8-9,11-12H2,1H3,(H2,19,20,22)/t14-,17-/m1/s1. The van der Waals surface area contributed by atoms with Crippen molar-refractivity contribution in [2.45, 2.75) is 70.0 Å². The number of urea groups is 1. The van der Waals surface area contributed by atoms with Gasteiger partial charge in [-0.25, -0.2) is 4.79 Å². The Morgan fingerprint density at radius 2 is 1.96 bits per heavy atom. The molecule has 2 N–H and O–H groups in total. The van der Waals surface area contributed by atoms with Crippen LogP contribution in [0.25, 0.3) is 0 Å². The van der Waals surface area contributed by atoms with E-state index in [1.165, 1.54) is 37.0 Å². The number of rotatable bonds is 5. The first-order chi connectivity index (χ1) is 11.2. The fourth-order valence-electron chi connectivity index (χ4n) is 3.98. The van der Waals surface area contributed by atoms with Crippen molar-refractivity contribution >= 4 is 17.4 Å². The fraction of sp³-hybridized carbons (Fsp3) is 0.722. The largest absolute Gasteiger partial charge is 0.335 e. The van der Waals surface area contributed by atoms with Gasteiger partial charge in [0.05, 0.1) is 6.04 Å². The molecule has 2 amide bonds. The maximum atomic E-state index is 12.4. The molecule has 2 aliphatic rings. The van der Waals surface area contributed by atoms with E-state index < -0.39 is 0 Å². The zero-order valence-corrected chi connectivity index (χ0v) is 14.9. The fourth-order valence-corrected chi connectivity index (χ4v) is 4.95. The molecule has 2 heterocycles. The molecule has 3 rings (SSSR count). The number of likely N-dealkylation sites (tertiary alicyclic amines) is 1. The van der Waals surface area contributed by atoms with Crippen LogP contribution in [0.15, 0.2) is 17.5 Å². The van der Waals surface area contributed by atoms with E-state index >= 15 is 0 Å². The zero-order chi connectivity index (χ0) is 16.1. The number of carbonyl (C=O) groups is 1. The van der Waals surface area contributed by atoms with Crippen LogP contribution >= 0.6 is 11.3 Å². The number of carbonyl (C=O) groups excluding carboxylic acids is 1. The predicted octanol–water partition coefficient (Wildman–Crippen LogP) is 3.91. The van der Waals surface area contributed by atoms with Crippen LogP contribution < -0.4 is 10.6 Å². The molecule has 128 valence electrons. The van der Waals surface area contributed by atoms with Gasteiger partial charge in [-0.1, -0.05) is 25.3 Å². The van der Waals surface area contributed by atoms with Gasteiger partial charge in [0.1, 0.15) is 0 Å². The second-order valence-corrected chi connectivity index (χ2v) is 7.92. The average molecular weight is 336 g/mol. The van der Waals surface area contributed by atoms with Gasteiger partial charge in [0.25, 0.3) is 0 Å². The number of hydrogen-bond donors (Lipinski definition) is 2. The molecule has 1 saturated heterocycles. The van der Waals surface area contributed by atoms with E-state index in [4.69, 9.17) is 0 Å². The molecule has 0 aromatic carbocycles. The number of amides is 2. The van der Waals surface area contributed by atoms with Crippen molar-refractivity contribution in [3.8, 4) is 0 Å². The highest BCUT2D eigenvalue weighted by Gasteiger charge is 2.30. The lowest BCUT2D eigenvalue weighted by Gasteiger charge is -2.33. The van der Waals surface area contributed by atoms with Gasteiger partial charge in [0.15, 0.2) is 0 Å². The van der Waals surface area contributed by atoms with Gasteiger partial charge in [0.2, 0.25) is 0 Å². The minimum absolute atomic E-state index is 0.00477. The number of hydrogen-bond acceptors (Lipinski definition) is 3. The van der Waals surface area contributed by atoms with Crippen LogP contribution in [0.5, 0.6) is 0 Å². The Labute approximate surface area is 143 Å². The molecule has 1 aliphatic heterocycles. The lowest BCUT2D eigenvalue weighted by atomic mass is 9.96. The van der Waals surface area contributed by atoms with Crippen molar-refractivity contribution in [3.63, 3.8) is 0 Å². The van der Waals surface area contributed by atoms with E-state index in [1.54, 1.807) is 11.3 Å². The van der Waals surface area contributed by atoms with E-state index in [0.717, 1.165) is 25.9 Å². The first-order valence-electron chi connectivity index (χ1n) is 9.08. The molecule has 1 aromatic rings. The maximum Gasteiger partial charge on any atom is 0.315 e. The molecule has 1 aromatic heterocycles. The Balaban J connectivity index is 1.59. The van der Waals surface area contributed by atoms with Crippen LogP contribution in [0.1, 0.15) is 62.8 Å². The summed E-state index contributed by atoms with van der Waals surface area (Å²) in [5, 5.41) is 8.51. The van der Waals surface area contributed by atoms with Gasteiger partial charge in [-0.2, -0.15) is 0 Å². The molecule has 4 nitrogen and oxygen atoms in total. The Bertz CT molecular complexity index is 478. The first-order valence-corrected chi connectivity index (χ1v) is 9.96. The van der Waals surface area contributed by atoms with Crippen LogP contribution in [0, 0.1) is 0 Å². The Morgan fingerprint density at radius 3 is 2.61 bits per heavy atom. The van der Waals surface area contributed by atoms with Crippen molar-refractivity contribution in [2.75, 3.05) is 13.1 Å². The van der Waals surface area contributed by atoms with E-state index in [2.05, 4.69) is 40.0 Å². The monoisotopic (exact) mass is 335 g/mol. The van der Waals surface area contributed by atoms with Gasteiger partial charge in [-0.15, -0.1) is 11.3 Å². The first kappa shape index (κ1) is 16.8. The molecule has 1 aliphatic carbocycles. The van der Waals surface area contributed by atoms with Gasteiger partial charge < -0.3 is 10.6 Å². The molecule has 0 radical (unpaired) electrons. The van der Waals surface area contributed by atoms with E-state index in [-0.39, 0.29) is 12.1 Å². The maximum absolute atomic E-state index is 12.4. The lowest BCUT2D eigenvalue weighted by molar-refractivity contribution is 0.192. The van der Waals surface area contributed by atoms with Crippen molar-refractivity contribution < 1.29 is 4.79 Å². The van der Waals surface area contributed by atoms with Crippen LogP contribution in [0.2, 0.25) is 0 Å². The highest BCUT2D eigenvalue weighted by Crippen LogP contribution is 2.31. The summed E-state index contributed by atoms with van der Waals surface area (Å²) in [6, 6.07) is 5.10. The van der Waals surface area contributed by atoms with Gasteiger partial charge in [-0.3, -0.25) is 4.90 Å². The van der Waals surface area contributed by atoms with Crippen molar-refractivity contribution in [1.82, 2.24) is 15.5 Å². The minimum atomic E-state index is 0.00477. The SMILES string of the molecule is C[C@@H](NC(=O)NC1CCCCC1)[C@H](c1cccs1)N1CCCC1. The molecule has 1 saturated carbocycles. The zero-order valence-electron chi connectivity index (χ0n) is 14.1. The molecule has 0 unspecified atom stereocenters. The summed E-state index contributed by atoms with van der Waals surface area (Å²) in [4.78, 5) is 16.3. The van der Waals surface area contributed by atoms with E-state index in [0.29, 0.717) is 12.1 Å². The smallest absolute Gasteiger partial charge is 0.315 e. The van der Waals surface area contributed by atoms with Crippen molar-refractivity contribution in [3.05, 3.63) is 22.4 Å². The average Bonchev–Trinajstić information content (AvgIpc) is 3.22. The van der Waals surface area contributed by atoms with Crippen LogP contribution in [0.4, 0.5) is 4.79 Å². The summed E-state index contributed by atoms with van der Waals surface area (Å²) in [6.45, 7) is 4.42. The molecule has 2 atom stereocenters. The summed E-state index contributed by atoms with van der Waals surface area (Å²) in [7, 11) is 0. The predicted molar refractivity (Wildman–Crippen MR) is 95.9 cm³/mol. The topological polar surface area (TPSA) is 44.4 Å². The number of thiophene rings is 1. The molecule has 0 bridgehead atoms. The van der Waals surface area contributed by atoms with Crippen molar-refractivity contribution in [2.24, 2.45) is 0 Å². The summed E-state index contributed by atoms with van der Waals surface area (Å²) in [6.07, 6.45) is 8.58. The van der Waals surface area contributed by atoms with E-state index in [9.17, 15) is 4.79 Å². The van der Waals surface area contributed by atoms with Gasteiger partial charge in [0, 0.05) is 17.0 Å². The van der Waals surface area contributed by atoms with Crippen LogP contribution in [-0.4, -0.2) is 36.1 Å². The quantitative estimate of drug-likeness (QED) is 0.857. The van der Waals surface area contributed by atoms with Crippen LogP contribution in [0.3, 0.4) is 0 Å². The lowest BCUT2D eigenvalue weighted by Crippen LogP contribution is -2.50. The Kier molecular flexibility index (Phi) is 5.95. The number of nitrogens with one attached hydrogen (secondary N) is 2. The minimum Gasteiger partial charge on any atom is -0.335 e. The van der Waals surface area contributed by atoms with Gasteiger partial charge >= 0.3 is 6.03 Å². The van der Waals surface area contributed by atoms with E-state index in [1.807, 2.05) is 0 Å². The third-order valence-electron chi connectivity index (χ3n) is 5.14. The summed E-state index contributed by atoms with van der Waals surface area (Å²) in [5.74, 6) is 0. The summed E-state index contributed by atoms with van der Waals surface area (Å²) < 4.78 is 0. The molecular weight excluding hydrogens is 306 g/mol. The third kappa shape index (κ3) is 4.48. The normalized spacial score (nSPS) is 22.7. The molecular formula is C18H29N3OS. The highest BCUT2D eigenvalue weighted by molar-refractivity contribution is 7.10. The molecule has 5 heteroatoms. The Morgan fingerprint density at radius 1 is 1.22 bits per heavy atom. The third-order valence-corrected chi connectivity index (χ3v) is 6.08. The van der Waals surface area contributed by atoms with Crippen LogP contribution in [-0.2, 0) is 0 Å². The van der Waals surface area contributed by atoms with Gasteiger partial charge in [-0.05, 0) is 57.1 Å².